The van der Waals surface area contributed by atoms with Gasteiger partial charge in [-0.1, -0.05) is 0 Å². The van der Waals surface area contributed by atoms with Crippen LogP contribution in [0.3, 0.4) is 0 Å². The zero-order valence-corrected chi connectivity index (χ0v) is 20.4. The number of nitrogens with two attached hydrogens (primary N) is 1. The van der Waals surface area contributed by atoms with Gasteiger partial charge < -0.3 is 25.0 Å². The molecule has 2 N–H and O–H groups in total. The smallest absolute Gasteiger partial charge is 0.410 e. The minimum Gasteiger partial charge on any atom is -0.487 e. The largest absolute Gasteiger partial charge is 0.487 e. The standard InChI is InChI=1S/C25H33F2N5O3/c1-15(2)34-25(33)31-8-6-17(7-9-31)16(3)35-19-11-29-24(30-12-19)32-13-21(23(28)14-32)20-10-18(26)4-5-22(20)27/h4-5,10-12,15-17,21,23H,6-9,13-14,28H2,1-3H3/t16-,21+,23-/m0/s1. The number of ether oxygens (including phenoxy) is 2. The summed E-state index contributed by atoms with van der Waals surface area (Å²) in [5, 5.41) is 0. The summed E-state index contributed by atoms with van der Waals surface area (Å²) >= 11 is 0. The van der Waals surface area contributed by atoms with Gasteiger partial charge in [-0.2, -0.15) is 0 Å². The lowest BCUT2D eigenvalue weighted by Gasteiger charge is -2.34. The Bertz CT molecular complexity index is 1010. The van der Waals surface area contributed by atoms with Crippen LogP contribution in [0.2, 0.25) is 0 Å². The second-order valence-electron chi connectivity index (χ2n) is 9.64. The van der Waals surface area contributed by atoms with E-state index >= 15 is 0 Å². The third-order valence-corrected chi connectivity index (χ3v) is 6.74. The van der Waals surface area contributed by atoms with E-state index in [0.717, 1.165) is 25.0 Å². The number of piperidine rings is 1. The molecule has 10 heteroatoms. The Labute approximate surface area is 204 Å². The van der Waals surface area contributed by atoms with E-state index < -0.39 is 11.6 Å². The van der Waals surface area contributed by atoms with Crippen LogP contribution in [-0.2, 0) is 4.74 Å². The lowest BCUT2D eigenvalue weighted by molar-refractivity contribution is 0.0494. The fourth-order valence-corrected chi connectivity index (χ4v) is 4.79. The first-order valence-electron chi connectivity index (χ1n) is 12.1. The van der Waals surface area contributed by atoms with Gasteiger partial charge in [0.25, 0.3) is 0 Å². The molecule has 4 rings (SSSR count). The number of carbonyl (C=O) groups excluding carboxylic acids is 1. The first-order chi connectivity index (χ1) is 16.7. The van der Waals surface area contributed by atoms with Gasteiger partial charge in [-0.25, -0.2) is 23.5 Å². The highest BCUT2D eigenvalue weighted by atomic mass is 19.1. The Morgan fingerprint density at radius 1 is 1.11 bits per heavy atom. The third-order valence-electron chi connectivity index (χ3n) is 6.74. The number of carbonyl (C=O) groups is 1. The number of nitrogens with zero attached hydrogens (tertiary/aromatic N) is 4. The number of halogens is 2. The molecule has 0 saturated carbocycles. The molecule has 1 amide bonds. The van der Waals surface area contributed by atoms with Crippen molar-refractivity contribution in [2.24, 2.45) is 11.7 Å². The van der Waals surface area contributed by atoms with Crippen LogP contribution in [0.25, 0.3) is 0 Å². The predicted octanol–water partition coefficient (Wildman–Crippen LogP) is 3.71. The van der Waals surface area contributed by atoms with Crippen molar-refractivity contribution >= 4 is 12.0 Å². The van der Waals surface area contributed by atoms with Crippen LogP contribution in [0, 0.1) is 17.6 Å². The SMILES string of the molecule is CC(C)OC(=O)N1CCC([C@H](C)Oc2cnc(N3C[C@H](c4cc(F)ccc4F)[C@@H](N)C3)nc2)CC1. The van der Waals surface area contributed by atoms with Crippen LogP contribution in [0.5, 0.6) is 5.75 Å². The van der Waals surface area contributed by atoms with Gasteiger partial charge in [0, 0.05) is 38.1 Å². The molecule has 2 fully saturated rings. The van der Waals surface area contributed by atoms with E-state index in [0.29, 0.717) is 43.8 Å². The molecule has 0 radical (unpaired) electrons. The quantitative estimate of drug-likeness (QED) is 0.661. The van der Waals surface area contributed by atoms with E-state index in [1.165, 1.54) is 6.07 Å². The van der Waals surface area contributed by atoms with Gasteiger partial charge in [0.2, 0.25) is 5.95 Å². The monoisotopic (exact) mass is 489 g/mol. The average Bonchev–Trinajstić information content (AvgIpc) is 3.22. The fraction of sp³-hybridized carbons (Fsp3) is 0.560. The molecule has 3 atom stereocenters. The van der Waals surface area contributed by atoms with Crippen molar-refractivity contribution in [3.8, 4) is 5.75 Å². The van der Waals surface area contributed by atoms with Crippen LogP contribution in [0.1, 0.15) is 45.1 Å². The molecule has 1 aromatic heterocycles. The molecule has 2 aliphatic rings. The minimum absolute atomic E-state index is 0.0618. The molecule has 0 spiro atoms. The molecule has 2 aromatic rings. The Hall–Kier alpha value is -3.01. The lowest BCUT2D eigenvalue weighted by atomic mass is 9.92. The van der Waals surface area contributed by atoms with Crippen LogP contribution >= 0.6 is 0 Å². The first-order valence-corrected chi connectivity index (χ1v) is 12.1. The van der Waals surface area contributed by atoms with Crippen molar-refractivity contribution < 1.29 is 23.0 Å². The second kappa shape index (κ2) is 10.7. The van der Waals surface area contributed by atoms with Gasteiger partial charge in [0.05, 0.1) is 24.6 Å². The molecule has 35 heavy (non-hydrogen) atoms. The van der Waals surface area contributed by atoms with Crippen molar-refractivity contribution in [3.05, 3.63) is 47.8 Å². The van der Waals surface area contributed by atoms with Gasteiger partial charge in [-0.15, -0.1) is 0 Å². The average molecular weight is 490 g/mol. The number of hydrogen-bond acceptors (Lipinski definition) is 7. The second-order valence-corrected chi connectivity index (χ2v) is 9.64. The Morgan fingerprint density at radius 3 is 2.46 bits per heavy atom. The predicted molar refractivity (Wildman–Crippen MR) is 127 cm³/mol. The highest BCUT2D eigenvalue weighted by molar-refractivity contribution is 5.67. The number of likely N-dealkylation sites (tertiary alicyclic amines) is 1. The molecule has 0 bridgehead atoms. The number of hydrogen-bond donors (Lipinski definition) is 1. The molecule has 190 valence electrons. The molecule has 1 aromatic carbocycles. The van der Waals surface area contributed by atoms with Crippen LogP contribution in [0.4, 0.5) is 19.5 Å². The summed E-state index contributed by atoms with van der Waals surface area (Å²) in [5.41, 5.74) is 6.52. The summed E-state index contributed by atoms with van der Waals surface area (Å²) < 4.78 is 39.3. The molecule has 0 aliphatic carbocycles. The summed E-state index contributed by atoms with van der Waals surface area (Å²) in [5.74, 6) is 0.0242. The Morgan fingerprint density at radius 2 is 1.80 bits per heavy atom. The lowest BCUT2D eigenvalue weighted by Crippen LogP contribution is -2.42. The zero-order valence-electron chi connectivity index (χ0n) is 20.4. The highest BCUT2D eigenvalue weighted by Crippen LogP contribution is 2.31. The van der Waals surface area contributed by atoms with E-state index in [-0.39, 0.29) is 35.8 Å². The van der Waals surface area contributed by atoms with Crippen molar-refractivity contribution in [2.45, 2.75) is 57.8 Å². The van der Waals surface area contributed by atoms with Crippen LogP contribution in [0.15, 0.2) is 30.6 Å². The number of rotatable bonds is 6. The zero-order chi connectivity index (χ0) is 25.1. The summed E-state index contributed by atoms with van der Waals surface area (Å²) in [6.07, 6.45) is 4.45. The number of anilines is 1. The molecule has 2 saturated heterocycles. The van der Waals surface area contributed by atoms with Crippen LogP contribution in [-0.4, -0.2) is 65.4 Å². The maximum absolute atomic E-state index is 14.2. The van der Waals surface area contributed by atoms with E-state index in [2.05, 4.69) is 9.97 Å². The van der Waals surface area contributed by atoms with Crippen molar-refractivity contribution in [1.29, 1.82) is 0 Å². The van der Waals surface area contributed by atoms with E-state index in [9.17, 15) is 13.6 Å². The fourth-order valence-electron chi connectivity index (χ4n) is 4.79. The van der Waals surface area contributed by atoms with Crippen molar-refractivity contribution in [2.75, 3.05) is 31.1 Å². The summed E-state index contributed by atoms with van der Waals surface area (Å²) in [4.78, 5) is 24.5. The third kappa shape index (κ3) is 5.98. The maximum Gasteiger partial charge on any atom is 0.410 e. The summed E-state index contributed by atoms with van der Waals surface area (Å²) in [7, 11) is 0. The summed E-state index contributed by atoms with van der Waals surface area (Å²) in [6.45, 7) is 7.82. The number of amides is 1. The van der Waals surface area contributed by atoms with Gasteiger partial charge in [0.1, 0.15) is 11.6 Å². The van der Waals surface area contributed by atoms with E-state index in [1.807, 2.05) is 25.7 Å². The van der Waals surface area contributed by atoms with Gasteiger partial charge in [-0.05, 0) is 63.3 Å². The van der Waals surface area contributed by atoms with E-state index in [1.54, 1.807) is 17.3 Å². The van der Waals surface area contributed by atoms with Crippen LogP contribution < -0.4 is 15.4 Å². The van der Waals surface area contributed by atoms with Gasteiger partial charge in [0.15, 0.2) is 5.75 Å². The Kier molecular flexibility index (Phi) is 7.69. The topological polar surface area (TPSA) is 93.8 Å². The molecule has 8 nitrogen and oxygen atoms in total. The van der Waals surface area contributed by atoms with Gasteiger partial charge in [-0.3, -0.25) is 0 Å². The number of aromatic nitrogens is 2. The molecule has 2 aliphatic heterocycles. The first kappa shape index (κ1) is 25.1. The highest BCUT2D eigenvalue weighted by Gasteiger charge is 2.34. The maximum atomic E-state index is 14.2. The van der Waals surface area contributed by atoms with Crippen molar-refractivity contribution in [1.82, 2.24) is 14.9 Å². The van der Waals surface area contributed by atoms with E-state index in [4.69, 9.17) is 15.2 Å². The van der Waals surface area contributed by atoms with Gasteiger partial charge >= 0.3 is 6.09 Å². The normalized spacial score (nSPS) is 21.9. The molecule has 0 unspecified atom stereocenters. The molecule has 3 heterocycles. The minimum atomic E-state index is -0.486. The summed E-state index contributed by atoms with van der Waals surface area (Å²) in [6, 6.07) is 3.07. The molecular formula is C25H33F2N5O3. The number of benzene rings is 1. The van der Waals surface area contributed by atoms with Crippen molar-refractivity contribution in [3.63, 3.8) is 0 Å². The Balaban J connectivity index is 1.31. The molecular weight excluding hydrogens is 456 g/mol.